The standard InChI is InChI=1S/C8H18N2.Al.4FH/c1-4-5-8-9(2)6-7-10(8)3;;;;;/h8H,4-7H2,1-3H3;;4*1H/q;+3;;;;/p-3. The highest BCUT2D eigenvalue weighted by atomic mass is 27.5. The Morgan fingerprint density at radius 1 is 1.33 bits per heavy atom. The van der Waals surface area contributed by atoms with Gasteiger partial charge in [-0.2, -0.15) is 0 Å². The molecule has 0 aliphatic carbocycles. The van der Waals surface area contributed by atoms with Crippen molar-refractivity contribution >= 4 is 14.9 Å². The van der Waals surface area contributed by atoms with Crippen LogP contribution in [0, 0.1) is 0 Å². The second-order valence-corrected chi connectivity index (χ2v) is 4.87. The summed E-state index contributed by atoms with van der Waals surface area (Å²) < 4.78 is 39.4. The highest BCUT2D eigenvalue weighted by Gasteiger charge is 2.41. The molecule has 0 bridgehead atoms. The minimum Gasteiger partial charge on any atom is -0.510 e. The van der Waals surface area contributed by atoms with Crippen molar-refractivity contribution in [1.29, 1.82) is 0 Å². The van der Waals surface area contributed by atoms with E-state index < -0.39 is 14.9 Å². The number of hydrogen-bond acceptors (Lipinski definition) is 1. The first kappa shape index (κ1) is 15.2. The lowest BCUT2D eigenvalue weighted by Crippen LogP contribution is -3.11. The third-order valence-corrected chi connectivity index (χ3v) is 2.52. The summed E-state index contributed by atoms with van der Waals surface area (Å²) in [4.78, 5) is 4.16. The highest BCUT2D eigenvalue weighted by molar-refractivity contribution is 6.50. The van der Waals surface area contributed by atoms with Gasteiger partial charge in [-0.1, -0.05) is 6.92 Å². The smallest absolute Gasteiger partial charge is 0.510 e. The molecule has 1 N–H and O–H groups in total. The molecule has 1 heterocycles. The average molecular weight is 246 g/mol. The van der Waals surface area contributed by atoms with E-state index in [1.165, 1.54) is 25.9 Å². The predicted octanol–water partition coefficient (Wildman–Crippen LogP) is 0.873. The van der Waals surface area contributed by atoms with Crippen LogP contribution >= 0.6 is 0 Å². The summed E-state index contributed by atoms with van der Waals surface area (Å²) in [6, 6.07) is 0. The molecule has 7 heteroatoms. The lowest BCUT2D eigenvalue weighted by molar-refractivity contribution is -0.898. The third kappa shape index (κ3) is 8.03. The first-order chi connectivity index (χ1) is 6.75. The zero-order valence-corrected chi connectivity index (χ0v) is 10.6. The first-order valence-electron chi connectivity index (χ1n) is 5.15. The molecule has 0 amide bonds. The van der Waals surface area contributed by atoms with Crippen LogP contribution in [-0.4, -0.2) is 53.2 Å². The van der Waals surface area contributed by atoms with Gasteiger partial charge in [0.1, 0.15) is 6.17 Å². The van der Waals surface area contributed by atoms with Crippen LogP contribution in [0.5, 0.6) is 0 Å². The minimum atomic E-state index is -6.83. The molecule has 92 valence electrons. The van der Waals surface area contributed by atoms with Crippen LogP contribution in [0.2, 0.25) is 0 Å². The Morgan fingerprint density at radius 3 is 2.07 bits per heavy atom. The van der Waals surface area contributed by atoms with Crippen LogP contribution < -0.4 is 4.90 Å². The molecule has 0 spiro atoms. The van der Waals surface area contributed by atoms with E-state index in [9.17, 15) is 14.1 Å². The van der Waals surface area contributed by atoms with Gasteiger partial charge in [0.2, 0.25) is 0 Å². The normalized spacial score (nSPS) is 27.4. The Bertz CT molecular complexity index is 161. The van der Waals surface area contributed by atoms with Gasteiger partial charge in [-0.25, -0.2) is 0 Å². The fourth-order valence-corrected chi connectivity index (χ4v) is 1.79. The van der Waals surface area contributed by atoms with Crippen molar-refractivity contribution in [3.05, 3.63) is 0 Å². The second kappa shape index (κ2) is 6.69. The summed E-state index contributed by atoms with van der Waals surface area (Å²) in [7, 11) is 4.53. The first-order valence-corrected chi connectivity index (χ1v) is 6.90. The van der Waals surface area contributed by atoms with Crippen molar-refractivity contribution in [1.82, 2.24) is 4.90 Å². The summed E-state index contributed by atoms with van der Waals surface area (Å²) in [5.74, 6) is 0. The Hall–Kier alpha value is 0.172. The van der Waals surface area contributed by atoms with Gasteiger partial charge in [-0.3, -0.25) is 4.90 Å². The van der Waals surface area contributed by atoms with Gasteiger partial charge in [0, 0.05) is 6.42 Å². The van der Waals surface area contributed by atoms with Crippen LogP contribution in [0.15, 0.2) is 0 Å². The van der Waals surface area contributed by atoms with Gasteiger partial charge in [0.25, 0.3) is 0 Å². The van der Waals surface area contributed by atoms with Crippen LogP contribution in [-0.2, 0) is 0 Å². The quantitative estimate of drug-likeness (QED) is 0.561. The molecule has 0 saturated carbocycles. The predicted molar refractivity (Wildman–Crippen MR) is 53.3 cm³/mol. The van der Waals surface area contributed by atoms with Crippen molar-refractivity contribution in [3.8, 4) is 0 Å². The molecule has 2 unspecified atom stereocenters. The maximum atomic E-state index is 9.85. The van der Waals surface area contributed by atoms with Crippen LogP contribution in [0.4, 0.5) is 14.1 Å². The van der Waals surface area contributed by atoms with Gasteiger partial charge in [-0.15, -0.1) is 0 Å². The molecule has 0 aromatic heterocycles. The fourth-order valence-electron chi connectivity index (χ4n) is 1.79. The monoisotopic (exact) mass is 246 g/mol. The maximum Gasteiger partial charge on any atom is 1.04 e. The number of rotatable bonds is 2. The summed E-state index contributed by atoms with van der Waals surface area (Å²) in [6.07, 6.45) is 3.46. The average Bonchev–Trinajstić information content (AvgIpc) is 2.33. The van der Waals surface area contributed by atoms with Crippen LogP contribution in [0.3, 0.4) is 0 Å². The van der Waals surface area contributed by atoms with E-state index in [1.54, 1.807) is 4.90 Å². The van der Waals surface area contributed by atoms with E-state index in [2.05, 4.69) is 25.9 Å². The van der Waals surface area contributed by atoms with E-state index in [1.807, 2.05) is 0 Å². The third-order valence-electron chi connectivity index (χ3n) is 2.52. The topological polar surface area (TPSA) is 7.68 Å². The van der Waals surface area contributed by atoms with Crippen molar-refractivity contribution in [3.63, 3.8) is 0 Å². The zero-order chi connectivity index (χ0) is 12.1. The summed E-state index contributed by atoms with van der Waals surface area (Å²) in [5, 5.41) is 0. The molecule has 0 radical (unpaired) electrons. The highest BCUT2D eigenvalue weighted by Crippen LogP contribution is 2.06. The van der Waals surface area contributed by atoms with E-state index in [-0.39, 0.29) is 0 Å². The molecule has 1 rings (SSSR count). The lowest BCUT2D eigenvalue weighted by Gasteiger charge is -2.20. The van der Waals surface area contributed by atoms with Crippen molar-refractivity contribution in [2.45, 2.75) is 25.9 Å². The number of hydrogen-bond donors (Lipinski definition) is 1. The molecule has 2 atom stereocenters. The number of quaternary nitrogens is 1. The van der Waals surface area contributed by atoms with Crippen LogP contribution in [0.1, 0.15) is 19.8 Å². The Labute approximate surface area is 92.4 Å². The Morgan fingerprint density at radius 2 is 1.80 bits per heavy atom. The van der Waals surface area contributed by atoms with Gasteiger partial charge in [-0.05, 0) is 13.5 Å². The molecule has 15 heavy (non-hydrogen) atoms. The molecular weight excluding hydrogens is 227 g/mol. The zero-order valence-electron chi connectivity index (χ0n) is 9.44. The Kier molecular flexibility index (Phi) is 6.77. The van der Waals surface area contributed by atoms with Crippen molar-refractivity contribution in [2.75, 3.05) is 27.2 Å². The summed E-state index contributed by atoms with van der Waals surface area (Å²) in [6.45, 7) is 4.86. The summed E-state index contributed by atoms with van der Waals surface area (Å²) >= 11 is -6.83. The number of nitrogens with zero attached hydrogens (tertiary/aromatic N) is 1. The lowest BCUT2D eigenvalue weighted by atomic mass is 10.2. The number of nitrogens with one attached hydrogen (secondary N) is 1. The summed E-state index contributed by atoms with van der Waals surface area (Å²) in [5.41, 5.74) is 0. The molecule has 0 aromatic rings. The van der Waals surface area contributed by atoms with Crippen molar-refractivity contribution in [2.24, 2.45) is 0 Å². The molecule has 0 aromatic carbocycles. The van der Waals surface area contributed by atoms with E-state index in [4.69, 9.17) is 0 Å². The van der Waals surface area contributed by atoms with Gasteiger partial charge >= 0.3 is 14.9 Å². The Balaban J connectivity index is 0.000000336. The van der Waals surface area contributed by atoms with E-state index in [0.29, 0.717) is 0 Å². The molecular formula is C8H19AlF4N2. The van der Waals surface area contributed by atoms with Crippen LogP contribution in [0.25, 0.3) is 0 Å². The molecule has 1 fully saturated rings. The molecule has 1 aliphatic rings. The maximum absolute atomic E-state index is 9.85. The molecule has 1 aliphatic heterocycles. The van der Waals surface area contributed by atoms with Gasteiger partial charge < -0.3 is 19.0 Å². The fraction of sp³-hybridized carbons (Fsp3) is 1.00. The van der Waals surface area contributed by atoms with Gasteiger partial charge in [0.05, 0.1) is 20.1 Å². The van der Waals surface area contributed by atoms with Gasteiger partial charge in [0.15, 0.2) is 0 Å². The number of halogens is 4. The minimum absolute atomic E-state index is 0.796. The van der Waals surface area contributed by atoms with E-state index >= 15 is 0 Å². The molecule has 2 nitrogen and oxygen atoms in total. The second-order valence-electron chi connectivity index (χ2n) is 3.88. The number of likely N-dealkylation sites (N-methyl/N-ethyl adjacent to an activating group) is 2. The van der Waals surface area contributed by atoms with E-state index in [0.717, 1.165) is 6.17 Å². The SMILES string of the molecule is CCCC1N(C)CC[NH+]1C.[F][Al-]([F])([F])[F]. The molecule has 1 saturated heterocycles. The van der Waals surface area contributed by atoms with Crippen molar-refractivity contribution < 1.29 is 19.0 Å². The largest absolute Gasteiger partial charge is 1.04 e.